The van der Waals surface area contributed by atoms with Gasteiger partial charge in [-0.1, -0.05) is 19.1 Å². The van der Waals surface area contributed by atoms with E-state index in [-0.39, 0.29) is 11.8 Å². The molecule has 1 aromatic rings. The molecule has 0 heterocycles. The number of nitrogens with two attached hydrogens (primary N) is 1. The zero-order valence-electron chi connectivity index (χ0n) is 7.84. The van der Waals surface area contributed by atoms with Crippen LogP contribution in [0.2, 0.25) is 0 Å². The number of hydrogen-bond acceptors (Lipinski definition) is 2. The molecule has 0 aromatic heterocycles. The second-order valence-corrected chi connectivity index (χ2v) is 3.15. The lowest BCUT2D eigenvalue weighted by Crippen LogP contribution is -2.09. The molecule has 0 bridgehead atoms. The first-order valence-electron chi connectivity index (χ1n) is 4.31. The van der Waals surface area contributed by atoms with Crippen LogP contribution in [0, 0.1) is 12.7 Å². The van der Waals surface area contributed by atoms with Crippen molar-refractivity contribution in [1.29, 1.82) is 0 Å². The molecule has 1 atom stereocenters. The molecule has 2 nitrogen and oxygen atoms in total. The maximum absolute atomic E-state index is 13.2. The Kier molecular flexibility index (Phi) is 2.88. The molecule has 13 heavy (non-hydrogen) atoms. The third-order valence-corrected chi connectivity index (χ3v) is 2.18. The summed E-state index contributed by atoms with van der Waals surface area (Å²) in [6.07, 6.45) is 0.677. The van der Waals surface area contributed by atoms with Crippen LogP contribution in [0.1, 0.15) is 30.5 Å². The fraction of sp³-hybridized carbons (Fsp3) is 0.400. The van der Waals surface area contributed by atoms with Gasteiger partial charge in [-0.05, 0) is 18.9 Å². The summed E-state index contributed by atoms with van der Waals surface area (Å²) >= 11 is 0. The minimum Gasteiger partial charge on any atom is -0.505 e. The van der Waals surface area contributed by atoms with Crippen LogP contribution in [-0.4, -0.2) is 5.11 Å². The number of halogens is 1. The van der Waals surface area contributed by atoms with Gasteiger partial charge in [0.1, 0.15) is 0 Å². The van der Waals surface area contributed by atoms with E-state index in [1.165, 1.54) is 0 Å². The molecule has 0 amide bonds. The van der Waals surface area contributed by atoms with Crippen LogP contribution in [-0.2, 0) is 0 Å². The molecular formula is C10H14FNO. The van der Waals surface area contributed by atoms with E-state index in [0.717, 1.165) is 0 Å². The Labute approximate surface area is 77.2 Å². The van der Waals surface area contributed by atoms with E-state index >= 15 is 0 Å². The third kappa shape index (κ3) is 1.80. The van der Waals surface area contributed by atoms with Crippen LogP contribution < -0.4 is 5.73 Å². The summed E-state index contributed by atoms with van der Waals surface area (Å²) in [5.41, 5.74) is 6.60. The minimum atomic E-state index is -0.568. The number of phenols is 1. The smallest absolute Gasteiger partial charge is 0.168 e. The van der Waals surface area contributed by atoms with E-state index < -0.39 is 5.82 Å². The van der Waals surface area contributed by atoms with Crippen molar-refractivity contribution in [3.05, 3.63) is 29.1 Å². The molecule has 3 heteroatoms. The summed E-state index contributed by atoms with van der Waals surface area (Å²) in [4.78, 5) is 0. The average Bonchev–Trinajstić information content (AvgIpc) is 2.13. The van der Waals surface area contributed by atoms with Gasteiger partial charge in [0.05, 0.1) is 0 Å². The molecule has 0 aliphatic carbocycles. The van der Waals surface area contributed by atoms with Crippen molar-refractivity contribution in [2.75, 3.05) is 0 Å². The van der Waals surface area contributed by atoms with Crippen LogP contribution in [0.25, 0.3) is 0 Å². The molecule has 1 aromatic carbocycles. The predicted octanol–water partition coefficient (Wildman–Crippen LogP) is 2.25. The molecule has 0 unspecified atom stereocenters. The fourth-order valence-electron chi connectivity index (χ4n) is 1.20. The van der Waals surface area contributed by atoms with Gasteiger partial charge in [0, 0.05) is 11.6 Å². The fourth-order valence-corrected chi connectivity index (χ4v) is 1.20. The van der Waals surface area contributed by atoms with Gasteiger partial charge in [-0.3, -0.25) is 0 Å². The van der Waals surface area contributed by atoms with Gasteiger partial charge in [-0.2, -0.15) is 0 Å². The number of aromatic hydroxyl groups is 1. The Hall–Kier alpha value is -1.09. The lowest BCUT2D eigenvalue weighted by Gasteiger charge is -2.12. The van der Waals surface area contributed by atoms with E-state index in [1.807, 2.05) is 6.92 Å². The van der Waals surface area contributed by atoms with Crippen molar-refractivity contribution in [1.82, 2.24) is 0 Å². The average molecular weight is 183 g/mol. The third-order valence-electron chi connectivity index (χ3n) is 2.18. The molecule has 0 saturated carbocycles. The highest BCUT2D eigenvalue weighted by atomic mass is 19.1. The normalized spacial score (nSPS) is 12.9. The molecule has 0 spiro atoms. The second kappa shape index (κ2) is 3.75. The maximum Gasteiger partial charge on any atom is 0.168 e. The van der Waals surface area contributed by atoms with Crippen molar-refractivity contribution < 1.29 is 9.50 Å². The minimum absolute atomic E-state index is 0.296. The van der Waals surface area contributed by atoms with Crippen molar-refractivity contribution in [3.8, 4) is 5.75 Å². The van der Waals surface area contributed by atoms with Crippen LogP contribution in [0.4, 0.5) is 4.39 Å². The van der Waals surface area contributed by atoms with E-state index in [1.54, 1.807) is 19.1 Å². The largest absolute Gasteiger partial charge is 0.505 e. The molecule has 0 aliphatic rings. The standard InChI is InChI=1S/C10H14FNO/c1-3-8(12)7-5-4-6(2)9(11)10(7)13/h4-5,8,13H,3,12H2,1-2H3/t8-/m1/s1. The number of hydrogen-bond donors (Lipinski definition) is 2. The van der Waals surface area contributed by atoms with Gasteiger partial charge in [-0.25, -0.2) is 4.39 Å². The number of rotatable bonds is 2. The summed E-state index contributed by atoms with van der Waals surface area (Å²) in [5, 5.41) is 9.42. The molecule has 0 fully saturated rings. The highest BCUT2D eigenvalue weighted by molar-refractivity contribution is 5.39. The van der Waals surface area contributed by atoms with Crippen molar-refractivity contribution in [2.45, 2.75) is 26.3 Å². The van der Waals surface area contributed by atoms with E-state index in [2.05, 4.69) is 0 Å². The topological polar surface area (TPSA) is 46.2 Å². The van der Waals surface area contributed by atoms with Crippen molar-refractivity contribution in [3.63, 3.8) is 0 Å². The van der Waals surface area contributed by atoms with Crippen LogP contribution in [0.3, 0.4) is 0 Å². The lowest BCUT2D eigenvalue weighted by atomic mass is 10.0. The van der Waals surface area contributed by atoms with Gasteiger partial charge in [0.25, 0.3) is 0 Å². The first-order valence-corrected chi connectivity index (χ1v) is 4.31. The number of phenolic OH excluding ortho intramolecular Hbond substituents is 1. The van der Waals surface area contributed by atoms with Gasteiger partial charge >= 0.3 is 0 Å². The van der Waals surface area contributed by atoms with Crippen molar-refractivity contribution in [2.24, 2.45) is 5.73 Å². The Bertz CT molecular complexity index is 312. The number of benzene rings is 1. The summed E-state index contributed by atoms with van der Waals surface area (Å²) in [6, 6.07) is 3.00. The molecule has 0 saturated heterocycles. The van der Waals surface area contributed by atoms with Crippen LogP contribution >= 0.6 is 0 Å². The van der Waals surface area contributed by atoms with E-state index in [0.29, 0.717) is 17.5 Å². The number of aryl methyl sites for hydroxylation is 1. The van der Waals surface area contributed by atoms with Gasteiger partial charge in [0.15, 0.2) is 11.6 Å². The summed E-state index contributed by atoms with van der Waals surface area (Å²) in [6.45, 7) is 3.50. The summed E-state index contributed by atoms with van der Waals surface area (Å²) in [5.74, 6) is -0.879. The van der Waals surface area contributed by atoms with Crippen LogP contribution in [0.5, 0.6) is 5.75 Å². The monoisotopic (exact) mass is 183 g/mol. The molecule has 3 N–H and O–H groups in total. The first-order chi connectivity index (χ1) is 6.07. The summed E-state index contributed by atoms with van der Waals surface area (Å²) in [7, 11) is 0. The maximum atomic E-state index is 13.2. The van der Waals surface area contributed by atoms with Crippen molar-refractivity contribution >= 4 is 0 Å². The van der Waals surface area contributed by atoms with Gasteiger partial charge < -0.3 is 10.8 Å². The Balaban J connectivity index is 3.18. The van der Waals surface area contributed by atoms with Crippen LogP contribution in [0.15, 0.2) is 12.1 Å². The lowest BCUT2D eigenvalue weighted by molar-refractivity contribution is 0.417. The zero-order valence-corrected chi connectivity index (χ0v) is 7.84. The molecule has 1 rings (SSSR count). The highest BCUT2D eigenvalue weighted by Gasteiger charge is 2.13. The van der Waals surface area contributed by atoms with Gasteiger partial charge in [-0.15, -0.1) is 0 Å². The predicted molar refractivity (Wildman–Crippen MR) is 50.0 cm³/mol. The SMILES string of the molecule is CC[C@@H](N)c1ccc(C)c(F)c1O. The first kappa shape index (κ1) is 9.99. The van der Waals surface area contributed by atoms with Gasteiger partial charge in [0.2, 0.25) is 0 Å². The quantitative estimate of drug-likeness (QED) is 0.738. The Morgan fingerprint density at radius 1 is 1.54 bits per heavy atom. The molecule has 0 aliphatic heterocycles. The summed E-state index contributed by atoms with van der Waals surface area (Å²) < 4.78 is 13.2. The molecule has 72 valence electrons. The Morgan fingerprint density at radius 3 is 2.69 bits per heavy atom. The zero-order chi connectivity index (χ0) is 10.0. The van der Waals surface area contributed by atoms with E-state index in [9.17, 15) is 9.50 Å². The highest BCUT2D eigenvalue weighted by Crippen LogP contribution is 2.28. The molecular weight excluding hydrogens is 169 g/mol. The Morgan fingerprint density at radius 2 is 2.15 bits per heavy atom. The molecule has 0 radical (unpaired) electrons. The van der Waals surface area contributed by atoms with E-state index in [4.69, 9.17) is 5.73 Å². The second-order valence-electron chi connectivity index (χ2n) is 3.15.